The maximum atomic E-state index is 2.61. The molecular formula is C13H29N. The molecule has 1 nitrogen and oxygen atoms in total. The Morgan fingerprint density at radius 2 is 1.43 bits per heavy atom. The zero-order valence-electron chi connectivity index (χ0n) is 10.7. The lowest BCUT2D eigenvalue weighted by atomic mass is 10.1. The van der Waals surface area contributed by atoms with Gasteiger partial charge < -0.3 is 4.90 Å². The highest BCUT2D eigenvalue weighted by Gasteiger charge is 2.02. The predicted octanol–water partition coefficient (Wildman–Crippen LogP) is 3.93. The van der Waals surface area contributed by atoms with Gasteiger partial charge >= 0.3 is 0 Å². The van der Waals surface area contributed by atoms with Gasteiger partial charge in [-0.2, -0.15) is 0 Å². The second kappa shape index (κ2) is 9.51. The first-order chi connectivity index (χ1) is 6.70. The van der Waals surface area contributed by atoms with Crippen LogP contribution in [0.3, 0.4) is 0 Å². The van der Waals surface area contributed by atoms with Crippen LogP contribution in [0.1, 0.15) is 59.8 Å². The van der Waals surface area contributed by atoms with Gasteiger partial charge in [-0.15, -0.1) is 0 Å². The lowest BCUT2D eigenvalue weighted by Crippen LogP contribution is -2.26. The first-order valence-corrected chi connectivity index (χ1v) is 6.43. The summed E-state index contributed by atoms with van der Waals surface area (Å²) in [5.41, 5.74) is 0. The minimum Gasteiger partial charge on any atom is -0.303 e. The van der Waals surface area contributed by atoms with E-state index in [0.29, 0.717) is 0 Å². The SMILES string of the molecule is CCCN(CCC)CCCCC(C)C. The standard InChI is InChI=1S/C13H29N/c1-5-10-14(11-6-2)12-8-7-9-13(3)4/h13H,5-12H2,1-4H3. The van der Waals surface area contributed by atoms with Crippen molar-refractivity contribution in [1.82, 2.24) is 4.90 Å². The second-order valence-corrected chi connectivity index (χ2v) is 4.73. The average Bonchev–Trinajstić information content (AvgIpc) is 2.12. The number of hydrogen-bond donors (Lipinski definition) is 0. The van der Waals surface area contributed by atoms with Gasteiger partial charge in [0.1, 0.15) is 0 Å². The predicted molar refractivity (Wildman–Crippen MR) is 65.7 cm³/mol. The molecule has 86 valence electrons. The highest BCUT2D eigenvalue weighted by molar-refractivity contribution is 4.57. The molecule has 0 N–H and O–H groups in total. The van der Waals surface area contributed by atoms with Crippen LogP contribution < -0.4 is 0 Å². The van der Waals surface area contributed by atoms with Gasteiger partial charge in [-0.05, 0) is 44.8 Å². The monoisotopic (exact) mass is 199 g/mol. The second-order valence-electron chi connectivity index (χ2n) is 4.73. The zero-order chi connectivity index (χ0) is 10.8. The summed E-state index contributed by atoms with van der Waals surface area (Å²) in [7, 11) is 0. The smallest absolute Gasteiger partial charge is 0.00187 e. The fourth-order valence-electron chi connectivity index (χ4n) is 1.86. The molecule has 0 bridgehead atoms. The van der Waals surface area contributed by atoms with E-state index < -0.39 is 0 Å². The normalized spacial score (nSPS) is 11.6. The van der Waals surface area contributed by atoms with Crippen LogP contribution >= 0.6 is 0 Å². The molecule has 0 aliphatic heterocycles. The van der Waals surface area contributed by atoms with Crippen LogP contribution in [0.4, 0.5) is 0 Å². The molecular weight excluding hydrogens is 170 g/mol. The topological polar surface area (TPSA) is 3.24 Å². The summed E-state index contributed by atoms with van der Waals surface area (Å²) in [6, 6.07) is 0. The summed E-state index contributed by atoms with van der Waals surface area (Å²) in [4.78, 5) is 2.61. The third-order valence-electron chi connectivity index (χ3n) is 2.59. The van der Waals surface area contributed by atoms with E-state index in [1.54, 1.807) is 0 Å². The summed E-state index contributed by atoms with van der Waals surface area (Å²) in [6.45, 7) is 13.1. The van der Waals surface area contributed by atoms with Gasteiger partial charge in [0.05, 0.1) is 0 Å². The molecule has 0 atom stereocenters. The molecule has 0 aromatic heterocycles. The van der Waals surface area contributed by atoms with Crippen molar-refractivity contribution < 1.29 is 0 Å². The van der Waals surface area contributed by atoms with E-state index in [1.807, 2.05) is 0 Å². The van der Waals surface area contributed by atoms with Crippen molar-refractivity contribution in [3.05, 3.63) is 0 Å². The number of rotatable bonds is 9. The van der Waals surface area contributed by atoms with E-state index >= 15 is 0 Å². The van der Waals surface area contributed by atoms with E-state index in [1.165, 1.54) is 51.7 Å². The highest BCUT2D eigenvalue weighted by atomic mass is 15.1. The highest BCUT2D eigenvalue weighted by Crippen LogP contribution is 2.07. The molecule has 0 spiro atoms. The summed E-state index contributed by atoms with van der Waals surface area (Å²) < 4.78 is 0. The first-order valence-electron chi connectivity index (χ1n) is 6.43. The van der Waals surface area contributed by atoms with Crippen LogP contribution in [0.15, 0.2) is 0 Å². The summed E-state index contributed by atoms with van der Waals surface area (Å²) in [5, 5.41) is 0. The Hall–Kier alpha value is -0.0400. The van der Waals surface area contributed by atoms with Gasteiger partial charge in [-0.1, -0.05) is 40.5 Å². The van der Waals surface area contributed by atoms with Gasteiger partial charge in [0.15, 0.2) is 0 Å². The van der Waals surface area contributed by atoms with Crippen molar-refractivity contribution in [3.63, 3.8) is 0 Å². The van der Waals surface area contributed by atoms with Crippen molar-refractivity contribution in [2.75, 3.05) is 19.6 Å². The molecule has 0 radical (unpaired) electrons. The average molecular weight is 199 g/mol. The van der Waals surface area contributed by atoms with Crippen LogP contribution in [0.5, 0.6) is 0 Å². The number of unbranched alkanes of at least 4 members (excludes halogenated alkanes) is 1. The lowest BCUT2D eigenvalue weighted by molar-refractivity contribution is 0.266. The molecule has 0 amide bonds. The molecule has 0 unspecified atom stereocenters. The molecule has 0 aromatic rings. The van der Waals surface area contributed by atoms with Gasteiger partial charge in [0.25, 0.3) is 0 Å². The van der Waals surface area contributed by atoms with Crippen molar-refractivity contribution in [1.29, 1.82) is 0 Å². The van der Waals surface area contributed by atoms with Crippen LogP contribution in [0.2, 0.25) is 0 Å². The van der Waals surface area contributed by atoms with Crippen molar-refractivity contribution in [2.45, 2.75) is 59.8 Å². The van der Waals surface area contributed by atoms with Crippen LogP contribution in [0.25, 0.3) is 0 Å². The fourth-order valence-corrected chi connectivity index (χ4v) is 1.86. The Labute approximate surface area is 90.9 Å². The third-order valence-corrected chi connectivity index (χ3v) is 2.59. The number of nitrogens with zero attached hydrogens (tertiary/aromatic N) is 1. The quantitative estimate of drug-likeness (QED) is 0.508. The molecule has 0 saturated heterocycles. The van der Waals surface area contributed by atoms with Crippen LogP contribution in [-0.4, -0.2) is 24.5 Å². The maximum Gasteiger partial charge on any atom is -0.00187 e. The molecule has 0 rings (SSSR count). The van der Waals surface area contributed by atoms with E-state index in [9.17, 15) is 0 Å². The fraction of sp³-hybridized carbons (Fsp3) is 1.00. The molecule has 14 heavy (non-hydrogen) atoms. The van der Waals surface area contributed by atoms with Crippen molar-refractivity contribution in [2.24, 2.45) is 5.92 Å². The molecule has 1 heteroatoms. The van der Waals surface area contributed by atoms with E-state index in [4.69, 9.17) is 0 Å². The summed E-state index contributed by atoms with van der Waals surface area (Å²) in [6.07, 6.45) is 6.78. The van der Waals surface area contributed by atoms with Crippen molar-refractivity contribution in [3.8, 4) is 0 Å². The zero-order valence-corrected chi connectivity index (χ0v) is 10.7. The molecule has 0 saturated carbocycles. The number of hydrogen-bond acceptors (Lipinski definition) is 1. The van der Waals surface area contributed by atoms with Crippen LogP contribution in [-0.2, 0) is 0 Å². The minimum absolute atomic E-state index is 0.876. The Bertz CT molecular complexity index is 104. The van der Waals surface area contributed by atoms with Gasteiger partial charge in [0.2, 0.25) is 0 Å². The minimum atomic E-state index is 0.876. The van der Waals surface area contributed by atoms with Crippen LogP contribution in [0, 0.1) is 5.92 Å². The lowest BCUT2D eigenvalue weighted by Gasteiger charge is -2.20. The molecule has 0 aliphatic rings. The van der Waals surface area contributed by atoms with Gasteiger partial charge in [0, 0.05) is 0 Å². The first kappa shape index (κ1) is 14.0. The summed E-state index contributed by atoms with van der Waals surface area (Å²) in [5.74, 6) is 0.876. The molecule has 0 aromatic carbocycles. The molecule has 0 fully saturated rings. The molecule has 0 heterocycles. The van der Waals surface area contributed by atoms with E-state index in [-0.39, 0.29) is 0 Å². The van der Waals surface area contributed by atoms with Gasteiger partial charge in [-0.3, -0.25) is 0 Å². The van der Waals surface area contributed by atoms with E-state index in [0.717, 1.165) is 5.92 Å². The summed E-state index contributed by atoms with van der Waals surface area (Å²) >= 11 is 0. The Morgan fingerprint density at radius 3 is 1.86 bits per heavy atom. The Balaban J connectivity index is 3.40. The van der Waals surface area contributed by atoms with E-state index in [2.05, 4.69) is 32.6 Å². The molecule has 0 aliphatic carbocycles. The Morgan fingerprint density at radius 1 is 0.857 bits per heavy atom. The van der Waals surface area contributed by atoms with Crippen molar-refractivity contribution >= 4 is 0 Å². The van der Waals surface area contributed by atoms with Gasteiger partial charge in [-0.25, -0.2) is 0 Å². The third kappa shape index (κ3) is 8.55. The Kier molecular flexibility index (Phi) is 9.49. The maximum absolute atomic E-state index is 2.61. The largest absolute Gasteiger partial charge is 0.303 e.